The zero-order valence-corrected chi connectivity index (χ0v) is 11.5. The highest BCUT2D eigenvalue weighted by molar-refractivity contribution is 5.84. The smallest absolute Gasteiger partial charge is 0.327 e. The Bertz CT molecular complexity index is 545. The van der Waals surface area contributed by atoms with Crippen LogP contribution in [0.1, 0.15) is 17.5 Å². The molecule has 20 heavy (non-hydrogen) atoms. The Morgan fingerprint density at radius 1 is 1.45 bits per heavy atom. The molecule has 1 rings (SSSR count). The maximum Gasteiger partial charge on any atom is 0.327 e. The van der Waals surface area contributed by atoms with Gasteiger partial charge in [-0.3, -0.25) is 4.79 Å². The predicted octanol–water partition coefficient (Wildman–Crippen LogP) is 1.27. The van der Waals surface area contributed by atoms with Gasteiger partial charge in [-0.25, -0.2) is 4.79 Å². The molecule has 1 aromatic carbocycles. The van der Waals surface area contributed by atoms with Gasteiger partial charge in [0.1, 0.15) is 11.8 Å². The lowest BCUT2D eigenvalue weighted by atomic mass is 10.1. The lowest BCUT2D eigenvalue weighted by Crippen LogP contribution is -2.42. The monoisotopic (exact) mass is 275 g/mol. The first-order valence-corrected chi connectivity index (χ1v) is 6.09. The highest BCUT2D eigenvalue weighted by Crippen LogP contribution is 2.18. The van der Waals surface area contributed by atoms with Gasteiger partial charge in [-0.2, -0.15) is 0 Å². The van der Waals surface area contributed by atoms with Crippen LogP contribution in [-0.4, -0.2) is 29.6 Å². The molecule has 0 aromatic heterocycles. The van der Waals surface area contributed by atoms with E-state index in [1.807, 2.05) is 26.0 Å². The molecule has 2 N–H and O–H groups in total. The quantitative estimate of drug-likeness (QED) is 0.767. The molecule has 0 aliphatic heterocycles. The van der Waals surface area contributed by atoms with Gasteiger partial charge in [-0.15, -0.1) is 12.3 Å². The molecule has 1 amide bonds. The zero-order valence-electron chi connectivity index (χ0n) is 11.5. The highest BCUT2D eigenvalue weighted by atomic mass is 16.5. The molecule has 106 valence electrons. The third-order valence-electron chi connectivity index (χ3n) is 2.64. The van der Waals surface area contributed by atoms with Crippen molar-refractivity contribution in [2.24, 2.45) is 0 Å². The second kappa shape index (κ2) is 7.19. The van der Waals surface area contributed by atoms with Crippen LogP contribution in [0.15, 0.2) is 18.2 Å². The summed E-state index contributed by atoms with van der Waals surface area (Å²) in [5.41, 5.74) is 2.01. The van der Waals surface area contributed by atoms with Gasteiger partial charge < -0.3 is 15.2 Å². The standard InChI is InChI=1S/C15H17NO4/c1-4-5-12(15(18)19)16-14(17)9-20-13-7-6-10(2)8-11(13)3/h1,6-8,12H,5,9H2,2-3H3,(H,16,17)(H,18,19). The van der Waals surface area contributed by atoms with Gasteiger partial charge in [0.25, 0.3) is 5.91 Å². The number of hydrogen-bond acceptors (Lipinski definition) is 3. The van der Waals surface area contributed by atoms with Crippen LogP contribution in [0.2, 0.25) is 0 Å². The topological polar surface area (TPSA) is 75.6 Å². The average Bonchev–Trinajstić information content (AvgIpc) is 2.37. The Morgan fingerprint density at radius 3 is 2.70 bits per heavy atom. The van der Waals surface area contributed by atoms with Crippen LogP contribution >= 0.6 is 0 Å². The van der Waals surface area contributed by atoms with Crippen LogP contribution in [0.5, 0.6) is 5.75 Å². The first-order valence-electron chi connectivity index (χ1n) is 6.09. The summed E-state index contributed by atoms with van der Waals surface area (Å²) in [6.45, 7) is 3.58. The number of benzene rings is 1. The molecular formula is C15H17NO4. The Labute approximate surface area is 117 Å². The maximum absolute atomic E-state index is 11.6. The van der Waals surface area contributed by atoms with Crippen molar-refractivity contribution in [1.29, 1.82) is 0 Å². The van der Waals surface area contributed by atoms with Gasteiger partial charge in [-0.1, -0.05) is 17.7 Å². The third kappa shape index (κ3) is 4.65. The van der Waals surface area contributed by atoms with E-state index in [0.29, 0.717) is 5.75 Å². The van der Waals surface area contributed by atoms with Crippen molar-refractivity contribution in [3.05, 3.63) is 29.3 Å². The number of aliphatic carboxylic acids is 1. The Balaban J connectivity index is 2.55. The van der Waals surface area contributed by atoms with E-state index in [4.69, 9.17) is 16.3 Å². The van der Waals surface area contributed by atoms with Gasteiger partial charge in [0.15, 0.2) is 6.61 Å². The van der Waals surface area contributed by atoms with Crippen LogP contribution in [0, 0.1) is 26.2 Å². The summed E-state index contributed by atoms with van der Waals surface area (Å²) >= 11 is 0. The fourth-order valence-electron chi connectivity index (χ4n) is 1.66. The van der Waals surface area contributed by atoms with Crippen molar-refractivity contribution in [2.45, 2.75) is 26.3 Å². The fraction of sp³-hybridized carbons (Fsp3) is 0.333. The van der Waals surface area contributed by atoms with Crippen molar-refractivity contribution >= 4 is 11.9 Å². The first kappa shape index (κ1) is 15.6. The van der Waals surface area contributed by atoms with Crippen LogP contribution in [-0.2, 0) is 9.59 Å². The molecule has 0 bridgehead atoms. The third-order valence-corrected chi connectivity index (χ3v) is 2.64. The minimum absolute atomic E-state index is 0.0648. The molecule has 0 saturated heterocycles. The van der Waals surface area contributed by atoms with Crippen molar-refractivity contribution < 1.29 is 19.4 Å². The molecule has 0 spiro atoms. The molecule has 1 atom stereocenters. The number of nitrogens with one attached hydrogen (secondary N) is 1. The molecule has 0 aliphatic carbocycles. The summed E-state index contributed by atoms with van der Waals surface area (Å²) in [5.74, 6) is 1.11. The Hall–Kier alpha value is -2.48. The number of ether oxygens (including phenoxy) is 1. The van der Waals surface area contributed by atoms with E-state index < -0.39 is 17.9 Å². The number of amides is 1. The molecule has 5 nitrogen and oxygen atoms in total. The van der Waals surface area contributed by atoms with Crippen LogP contribution < -0.4 is 10.1 Å². The summed E-state index contributed by atoms with van der Waals surface area (Å²) in [4.78, 5) is 22.5. The fourth-order valence-corrected chi connectivity index (χ4v) is 1.66. The number of aryl methyl sites for hydroxylation is 2. The van der Waals surface area contributed by atoms with Crippen molar-refractivity contribution in [2.75, 3.05) is 6.61 Å². The molecule has 1 aromatic rings. The van der Waals surface area contributed by atoms with Crippen molar-refractivity contribution in [1.82, 2.24) is 5.32 Å². The minimum atomic E-state index is -1.16. The van der Waals surface area contributed by atoms with Crippen LogP contribution in [0.3, 0.4) is 0 Å². The molecule has 0 fully saturated rings. The molecule has 0 aliphatic rings. The summed E-state index contributed by atoms with van der Waals surface area (Å²) in [6, 6.07) is 4.49. The van der Waals surface area contributed by atoms with Crippen LogP contribution in [0.4, 0.5) is 0 Å². The molecule has 0 saturated carbocycles. The van der Waals surface area contributed by atoms with Crippen LogP contribution in [0.25, 0.3) is 0 Å². The number of terminal acetylenes is 1. The highest BCUT2D eigenvalue weighted by Gasteiger charge is 2.18. The van der Waals surface area contributed by atoms with E-state index >= 15 is 0 Å². The molecule has 1 unspecified atom stereocenters. The second-order valence-corrected chi connectivity index (χ2v) is 4.42. The normalized spacial score (nSPS) is 11.2. The minimum Gasteiger partial charge on any atom is -0.484 e. The molecule has 0 heterocycles. The number of carbonyl (C=O) groups is 2. The Kier molecular flexibility index (Phi) is 5.60. The SMILES string of the molecule is C#CCC(NC(=O)COc1ccc(C)cc1C)C(=O)O. The summed E-state index contributed by atoms with van der Waals surface area (Å²) in [6.07, 6.45) is 4.98. The van der Waals surface area contributed by atoms with Gasteiger partial charge in [0.2, 0.25) is 0 Å². The van der Waals surface area contributed by atoms with Crippen molar-refractivity contribution in [3.8, 4) is 18.1 Å². The van der Waals surface area contributed by atoms with E-state index in [2.05, 4.69) is 11.2 Å². The summed E-state index contributed by atoms with van der Waals surface area (Å²) < 4.78 is 5.36. The average molecular weight is 275 g/mol. The van der Waals surface area contributed by atoms with E-state index in [0.717, 1.165) is 11.1 Å². The number of carbonyl (C=O) groups excluding carboxylic acids is 1. The number of rotatable bonds is 6. The van der Waals surface area contributed by atoms with Gasteiger partial charge in [0.05, 0.1) is 0 Å². The lowest BCUT2D eigenvalue weighted by molar-refractivity contribution is -0.141. The lowest BCUT2D eigenvalue weighted by Gasteiger charge is -2.13. The first-order chi connectivity index (χ1) is 9.43. The summed E-state index contributed by atoms with van der Waals surface area (Å²) in [7, 11) is 0. The second-order valence-electron chi connectivity index (χ2n) is 4.42. The van der Waals surface area contributed by atoms with Gasteiger partial charge >= 0.3 is 5.97 Å². The van der Waals surface area contributed by atoms with E-state index in [1.165, 1.54) is 0 Å². The summed E-state index contributed by atoms with van der Waals surface area (Å²) in [5, 5.41) is 11.2. The van der Waals surface area contributed by atoms with Crippen molar-refractivity contribution in [3.63, 3.8) is 0 Å². The largest absolute Gasteiger partial charge is 0.484 e. The number of carboxylic acids is 1. The van der Waals surface area contributed by atoms with E-state index in [-0.39, 0.29) is 13.0 Å². The molecule has 0 radical (unpaired) electrons. The van der Waals surface area contributed by atoms with E-state index in [9.17, 15) is 9.59 Å². The zero-order chi connectivity index (χ0) is 15.1. The Morgan fingerprint density at radius 2 is 2.15 bits per heavy atom. The van der Waals surface area contributed by atoms with E-state index in [1.54, 1.807) is 6.07 Å². The van der Waals surface area contributed by atoms with Gasteiger partial charge in [-0.05, 0) is 25.5 Å². The molecular weight excluding hydrogens is 258 g/mol. The maximum atomic E-state index is 11.6. The van der Waals surface area contributed by atoms with Gasteiger partial charge in [0, 0.05) is 6.42 Å². The molecule has 5 heteroatoms. The predicted molar refractivity (Wildman–Crippen MR) is 74.4 cm³/mol. The number of carboxylic acid groups (broad SMARTS) is 1. The number of hydrogen-bond donors (Lipinski definition) is 2.